The average molecular weight is 487 g/mol. The summed E-state index contributed by atoms with van der Waals surface area (Å²) in [5.41, 5.74) is 10.4. The number of halogens is 2. The van der Waals surface area contributed by atoms with Gasteiger partial charge in [-0.1, -0.05) is 29.3 Å². The van der Waals surface area contributed by atoms with Crippen LogP contribution in [0.5, 0.6) is 0 Å². The van der Waals surface area contributed by atoms with Gasteiger partial charge in [-0.25, -0.2) is 4.98 Å². The van der Waals surface area contributed by atoms with E-state index in [2.05, 4.69) is 38.8 Å². The van der Waals surface area contributed by atoms with Crippen LogP contribution in [0.15, 0.2) is 42.7 Å². The van der Waals surface area contributed by atoms with Gasteiger partial charge in [-0.05, 0) is 62.2 Å². The Morgan fingerprint density at radius 2 is 2.06 bits per heavy atom. The molecule has 3 heterocycles. The van der Waals surface area contributed by atoms with Gasteiger partial charge in [0.15, 0.2) is 0 Å². The van der Waals surface area contributed by atoms with Crippen LogP contribution in [0.2, 0.25) is 10.0 Å². The Balaban J connectivity index is 1.37. The highest BCUT2D eigenvalue weighted by atomic mass is 35.5. The lowest BCUT2D eigenvalue weighted by atomic mass is 10.1. The molecule has 0 radical (unpaired) electrons. The van der Waals surface area contributed by atoms with Crippen LogP contribution in [0.1, 0.15) is 31.4 Å². The number of carbonyl (C=O) groups is 1. The van der Waals surface area contributed by atoms with Crippen LogP contribution in [0.25, 0.3) is 11.0 Å². The van der Waals surface area contributed by atoms with Gasteiger partial charge in [-0.2, -0.15) is 0 Å². The number of benzene rings is 2. The molecule has 2 aromatic carbocycles. The molecular weight excluding hydrogens is 459 g/mol. The first-order valence-electron chi connectivity index (χ1n) is 11.4. The maximum Gasteiger partial charge on any atom is 0.241 e. The zero-order valence-electron chi connectivity index (χ0n) is 18.5. The van der Waals surface area contributed by atoms with Crippen molar-refractivity contribution in [2.45, 2.75) is 38.0 Å². The van der Waals surface area contributed by atoms with Gasteiger partial charge in [0.05, 0.1) is 42.2 Å². The summed E-state index contributed by atoms with van der Waals surface area (Å²) in [7, 11) is 0. The van der Waals surface area contributed by atoms with Crippen molar-refractivity contribution < 1.29 is 4.79 Å². The first kappa shape index (κ1) is 22.5. The van der Waals surface area contributed by atoms with Crippen LogP contribution in [0, 0.1) is 0 Å². The highest BCUT2D eigenvalue weighted by molar-refractivity contribution is 6.35. The number of nitrogens with one attached hydrogen (secondary N) is 1. The third kappa shape index (κ3) is 4.30. The zero-order chi connectivity index (χ0) is 23.1. The summed E-state index contributed by atoms with van der Waals surface area (Å²) in [6.45, 7) is 4.95. The van der Waals surface area contributed by atoms with E-state index in [0.29, 0.717) is 23.1 Å². The standard InChI is InChI=1S/C24H28Cl2N6O/c1-15(18-6-4-16(25)11-19(18)26)32-14-29-20-7-5-17(12-22(20)32)30-9-10-31(23(27)13-30)24(33)21-3-2-8-28-21/h4-7,11-12,14-15,21,23,28H,2-3,8-10,13,27H2,1H3/t15?,21-,23-/m1/s1. The number of aromatic nitrogens is 2. The Labute approximate surface area is 203 Å². The molecule has 2 aliphatic heterocycles. The molecule has 174 valence electrons. The molecule has 9 heteroatoms. The van der Waals surface area contributed by atoms with E-state index in [4.69, 9.17) is 28.9 Å². The molecule has 2 saturated heterocycles. The molecule has 0 spiro atoms. The lowest BCUT2D eigenvalue weighted by Crippen LogP contribution is -2.61. The molecule has 1 aromatic heterocycles. The van der Waals surface area contributed by atoms with E-state index in [-0.39, 0.29) is 24.2 Å². The van der Waals surface area contributed by atoms with Gasteiger partial charge < -0.3 is 25.4 Å². The number of anilines is 1. The van der Waals surface area contributed by atoms with Crippen LogP contribution in [-0.4, -0.2) is 58.7 Å². The second-order valence-electron chi connectivity index (χ2n) is 8.86. The van der Waals surface area contributed by atoms with E-state index in [1.165, 1.54) is 0 Å². The fraction of sp³-hybridized carbons (Fsp3) is 0.417. The SMILES string of the molecule is CC(c1ccc(Cl)cc1Cl)n1cnc2ccc(N3CCN(C(=O)[C@H]4CCCN4)[C@@H](N)C3)cc21. The number of nitrogens with zero attached hydrogens (tertiary/aromatic N) is 4. The van der Waals surface area contributed by atoms with E-state index in [0.717, 1.165) is 48.2 Å². The molecule has 2 aliphatic rings. The number of fused-ring (bicyclic) bond motifs is 1. The third-order valence-electron chi connectivity index (χ3n) is 6.81. The van der Waals surface area contributed by atoms with Gasteiger partial charge in [-0.15, -0.1) is 0 Å². The lowest BCUT2D eigenvalue weighted by molar-refractivity contribution is -0.135. The van der Waals surface area contributed by atoms with Gasteiger partial charge in [0.25, 0.3) is 0 Å². The Morgan fingerprint density at radius 1 is 1.21 bits per heavy atom. The Morgan fingerprint density at radius 3 is 2.79 bits per heavy atom. The van der Waals surface area contributed by atoms with Crippen molar-refractivity contribution >= 4 is 45.8 Å². The van der Waals surface area contributed by atoms with Crippen molar-refractivity contribution in [1.82, 2.24) is 19.8 Å². The molecule has 7 nitrogen and oxygen atoms in total. The zero-order valence-corrected chi connectivity index (χ0v) is 20.1. The number of rotatable bonds is 4. The van der Waals surface area contributed by atoms with Gasteiger partial charge in [0.2, 0.25) is 5.91 Å². The molecule has 5 rings (SSSR count). The van der Waals surface area contributed by atoms with Crippen LogP contribution in [-0.2, 0) is 4.79 Å². The molecule has 1 unspecified atom stereocenters. The molecule has 33 heavy (non-hydrogen) atoms. The van der Waals surface area contributed by atoms with Crippen molar-refractivity contribution in [2.24, 2.45) is 5.73 Å². The van der Waals surface area contributed by atoms with Crippen LogP contribution < -0.4 is 16.0 Å². The smallest absolute Gasteiger partial charge is 0.241 e. The summed E-state index contributed by atoms with van der Waals surface area (Å²) in [4.78, 5) is 21.5. The molecule has 1 amide bonds. The van der Waals surface area contributed by atoms with Crippen molar-refractivity contribution in [3.63, 3.8) is 0 Å². The van der Waals surface area contributed by atoms with E-state index < -0.39 is 0 Å². The molecule has 3 atom stereocenters. The highest BCUT2D eigenvalue weighted by Crippen LogP contribution is 2.32. The third-order valence-corrected chi connectivity index (χ3v) is 7.38. The van der Waals surface area contributed by atoms with Crippen molar-refractivity contribution in [3.05, 3.63) is 58.3 Å². The monoisotopic (exact) mass is 486 g/mol. The Kier molecular flexibility index (Phi) is 6.22. The number of hydrogen-bond donors (Lipinski definition) is 2. The maximum atomic E-state index is 12.8. The van der Waals surface area contributed by atoms with E-state index in [1.807, 2.05) is 29.4 Å². The summed E-state index contributed by atoms with van der Waals surface area (Å²) >= 11 is 12.6. The maximum absolute atomic E-state index is 12.8. The van der Waals surface area contributed by atoms with Crippen molar-refractivity contribution in [3.8, 4) is 0 Å². The van der Waals surface area contributed by atoms with E-state index in [1.54, 1.807) is 6.07 Å². The highest BCUT2D eigenvalue weighted by Gasteiger charge is 2.33. The lowest BCUT2D eigenvalue weighted by Gasteiger charge is -2.41. The molecule has 3 aromatic rings. The molecule has 0 bridgehead atoms. The summed E-state index contributed by atoms with van der Waals surface area (Å²) in [5, 5.41) is 4.54. The Hall–Kier alpha value is -2.32. The van der Waals surface area contributed by atoms with Crippen LogP contribution in [0.3, 0.4) is 0 Å². The average Bonchev–Trinajstić information content (AvgIpc) is 3.48. The second-order valence-corrected chi connectivity index (χ2v) is 9.70. The minimum absolute atomic E-state index is 0.00865. The fourth-order valence-electron chi connectivity index (χ4n) is 4.92. The summed E-state index contributed by atoms with van der Waals surface area (Å²) in [6, 6.07) is 11.7. The fourth-order valence-corrected chi connectivity index (χ4v) is 5.49. The first-order chi connectivity index (χ1) is 15.9. The minimum atomic E-state index is -0.332. The largest absolute Gasteiger partial charge is 0.366 e. The van der Waals surface area contributed by atoms with Gasteiger partial charge in [-0.3, -0.25) is 4.79 Å². The molecule has 0 aliphatic carbocycles. The predicted molar refractivity (Wildman–Crippen MR) is 133 cm³/mol. The van der Waals surface area contributed by atoms with Gasteiger partial charge >= 0.3 is 0 Å². The van der Waals surface area contributed by atoms with Crippen LogP contribution >= 0.6 is 23.2 Å². The molecular formula is C24H28Cl2N6O. The Bertz CT molecular complexity index is 1170. The minimum Gasteiger partial charge on any atom is -0.366 e. The normalized spacial score (nSPS) is 22.2. The number of nitrogens with two attached hydrogens (primary N) is 1. The first-order valence-corrected chi connectivity index (χ1v) is 12.1. The number of imidazole rings is 1. The van der Waals surface area contributed by atoms with Gasteiger partial charge in [0, 0.05) is 28.8 Å². The predicted octanol–water partition coefficient (Wildman–Crippen LogP) is 3.64. The van der Waals surface area contributed by atoms with Crippen molar-refractivity contribution in [2.75, 3.05) is 31.1 Å². The number of hydrogen-bond acceptors (Lipinski definition) is 5. The second kappa shape index (κ2) is 9.14. The molecule has 3 N–H and O–H groups in total. The van der Waals surface area contributed by atoms with Gasteiger partial charge in [0.1, 0.15) is 0 Å². The molecule has 0 saturated carbocycles. The number of carbonyl (C=O) groups excluding carboxylic acids is 1. The number of amides is 1. The van der Waals surface area contributed by atoms with Crippen LogP contribution in [0.4, 0.5) is 5.69 Å². The molecule has 2 fully saturated rings. The quantitative estimate of drug-likeness (QED) is 0.588. The topological polar surface area (TPSA) is 79.4 Å². The van der Waals surface area contributed by atoms with E-state index >= 15 is 0 Å². The number of piperazine rings is 1. The summed E-state index contributed by atoms with van der Waals surface area (Å²) in [5.74, 6) is 0.127. The summed E-state index contributed by atoms with van der Waals surface area (Å²) < 4.78 is 2.12. The van der Waals surface area contributed by atoms with Crippen molar-refractivity contribution in [1.29, 1.82) is 0 Å². The van der Waals surface area contributed by atoms with E-state index in [9.17, 15) is 4.79 Å². The summed E-state index contributed by atoms with van der Waals surface area (Å²) in [6.07, 6.45) is 3.45.